The lowest BCUT2D eigenvalue weighted by atomic mass is 10.4. The molecule has 0 spiro atoms. The minimum Gasteiger partial charge on any atom is -0.263 e. The summed E-state index contributed by atoms with van der Waals surface area (Å²) in [5.41, 5.74) is 0. The molecule has 20 heavy (non-hydrogen) atoms. The van der Waals surface area contributed by atoms with Crippen LogP contribution in [-0.2, 0) is 10.0 Å². The number of aromatic nitrogens is 1. The van der Waals surface area contributed by atoms with E-state index in [9.17, 15) is 8.42 Å². The van der Waals surface area contributed by atoms with Gasteiger partial charge in [0.25, 0.3) is 10.0 Å². The Morgan fingerprint density at radius 1 is 1.05 bits per heavy atom. The molecule has 0 aliphatic carbocycles. The largest absolute Gasteiger partial charge is 0.264 e. The summed E-state index contributed by atoms with van der Waals surface area (Å²) in [7, 11) is -3.90. The summed E-state index contributed by atoms with van der Waals surface area (Å²) >= 11 is 20.7. The Morgan fingerprint density at radius 3 is 2.30 bits per heavy atom. The molecule has 0 aliphatic heterocycles. The van der Waals surface area contributed by atoms with E-state index < -0.39 is 10.0 Å². The summed E-state index contributed by atoms with van der Waals surface area (Å²) in [4.78, 5) is 3.75. The van der Waals surface area contributed by atoms with Gasteiger partial charge < -0.3 is 0 Å². The fraction of sp³-hybridized carbons (Fsp3) is 0. The number of nitrogens with zero attached hydrogens (tertiary/aromatic N) is 1. The average molecular weight is 417 g/mol. The van der Waals surface area contributed by atoms with Crippen molar-refractivity contribution in [2.45, 2.75) is 4.90 Å². The smallest absolute Gasteiger partial charge is 0.263 e. The number of hydrogen-bond acceptors (Lipinski definition) is 3. The molecule has 106 valence electrons. The lowest BCUT2D eigenvalue weighted by molar-refractivity contribution is 0.601. The van der Waals surface area contributed by atoms with Crippen molar-refractivity contribution in [3.05, 3.63) is 50.0 Å². The predicted octanol–water partition coefficient (Wildman–Crippen LogP) is 4.61. The van der Waals surface area contributed by atoms with Crippen LogP contribution in [0.5, 0.6) is 0 Å². The van der Waals surface area contributed by atoms with Crippen LogP contribution < -0.4 is 4.72 Å². The molecule has 1 N–H and O–H groups in total. The molecule has 0 saturated heterocycles. The first-order valence-corrected chi connectivity index (χ1v) is 8.49. The van der Waals surface area contributed by atoms with Crippen LogP contribution in [0, 0.1) is 0 Å². The van der Waals surface area contributed by atoms with Crippen LogP contribution in [0.2, 0.25) is 15.1 Å². The van der Waals surface area contributed by atoms with E-state index >= 15 is 0 Å². The van der Waals surface area contributed by atoms with Crippen LogP contribution in [0.15, 0.2) is 39.8 Å². The van der Waals surface area contributed by atoms with Gasteiger partial charge >= 0.3 is 0 Å². The molecule has 0 amide bonds. The number of halogens is 4. The first-order chi connectivity index (χ1) is 9.29. The van der Waals surface area contributed by atoms with Gasteiger partial charge in [-0.15, -0.1) is 0 Å². The molecule has 0 aliphatic rings. The van der Waals surface area contributed by atoms with Crippen molar-refractivity contribution in [3.8, 4) is 0 Å². The zero-order chi connectivity index (χ0) is 14.9. The number of rotatable bonds is 3. The number of pyridine rings is 1. The third kappa shape index (κ3) is 3.56. The molecule has 0 saturated carbocycles. The molecule has 4 nitrogen and oxygen atoms in total. The summed E-state index contributed by atoms with van der Waals surface area (Å²) in [5.74, 6) is 0.162. The molecule has 1 aromatic heterocycles. The molecular formula is C11H6BrCl3N2O2S. The van der Waals surface area contributed by atoms with E-state index in [0.29, 0.717) is 0 Å². The van der Waals surface area contributed by atoms with Crippen molar-refractivity contribution in [2.24, 2.45) is 0 Å². The maximum absolute atomic E-state index is 12.2. The lowest BCUT2D eigenvalue weighted by Crippen LogP contribution is -2.14. The Kier molecular flexibility index (Phi) is 4.81. The van der Waals surface area contributed by atoms with Crippen LogP contribution in [-0.4, -0.2) is 13.4 Å². The van der Waals surface area contributed by atoms with Gasteiger partial charge in [0.1, 0.15) is 10.7 Å². The Labute approximate surface area is 139 Å². The van der Waals surface area contributed by atoms with E-state index in [1.165, 1.54) is 24.4 Å². The highest BCUT2D eigenvalue weighted by molar-refractivity contribution is 9.10. The minimum absolute atomic E-state index is 0.0241. The van der Waals surface area contributed by atoms with Crippen molar-refractivity contribution in [1.29, 1.82) is 0 Å². The molecule has 0 bridgehead atoms. The van der Waals surface area contributed by atoms with Crippen LogP contribution in [0.25, 0.3) is 0 Å². The van der Waals surface area contributed by atoms with Gasteiger partial charge in [-0.05, 0) is 40.2 Å². The fourth-order valence-electron chi connectivity index (χ4n) is 1.34. The topological polar surface area (TPSA) is 59.1 Å². The zero-order valence-electron chi connectivity index (χ0n) is 9.57. The van der Waals surface area contributed by atoms with Crippen molar-refractivity contribution < 1.29 is 8.42 Å². The second-order valence-corrected chi connectivity index (χ2v) is 7.45. The van der Waals surface area contributed by atoms with E-state index in [4.69, 9.17) is 34.8 Å². The lowest BCUT2D eigenvalue weighted by Gasteiger charge is -2.10. The van der Waals surface area contributed by atoms with Gasteiger partial charge in [-0.2, -0.15) is 0 Å². The Morgan fingerprint density at radius 2 is 1.70 bits per heavy atom. The van der Waals surface area contributed by atoms with Gasteiger partial charge in [0, 0.05) is 10.7 Å². The molecule has 0 unspecified atom stereocenters. The number of sulfonamides is 1. The Bertz CT molecular complexity index is 751. The average Bonchev–Trinajstić information content (AvgIpc) is 2.36. The van der Waals surface area contributed by atoms with E-state index in [-0.39, 0.29) is 25.8 Å². The quantitative estimate of drug-likeness (QED) is 0.744. The van der Waals surface area contributed by atoms with E-state index in [1.54, 1.807) is 6.07 Å². The molecule has 1 heterocycles. The molecule has 9 heteroatoms. The Hall–Kier alpha value is -0.530. The minimum atomic E-state index is -3.90. The normalized spacial score (nSPS) is 11.4. The highest BCUT2D eigenvalue weighted by Crippen LogP contribution is 2.32. The molecule has 2 aromatic rings. The van der Waals surface area contributed by atoms with Crippen molar-refractivity contribution in [2.75, 3.05) is 4.72 Å². The maximum Gasteiger partial charge on any atom is 0.264 e. The van der Waals surface area contributed by atoms with Gasteiger partial charge in [-0.25, -0.2) is 13.4 Å². The summed E-state index contributed by atoms with van der Waals surface area (Å²) in [6.07, 6.45) is 1.47. The van der Waals surface area contributed by atoms with Crippen LogP contribution >= 0.6 is 50.7 Å². The molecule has 0 atom stereocenters. The third-order valence-corrected chi connectivity index (χ3v) is 5.24. The van der Waals surface area contributed by atoms with E-state index in [2.05, 4.69) is 25.6 Å². The van der Waals surface area contributed by atoms with E-state index in [0.717, 1.165) is 4.47 Å². The zero-order valence-corrected chi connectivity index (χ0v) is 14.2. The van der Waals surface area contributed by atoms with Gasteiger partial charge in [0.2, 0.25) is 0 Å². The molecule has 0 fully saturated rings. The summed E-state index contributed by atoms with van der Waals surface area (Å²) in [6, 6.07) is 5.62. The second-order valence-electron chi connectivity index (χ2n) is 3.66. The second kappa shape index (κ2) is 6.07. The molecular weight excluding hydrogens is 410 g/mol. The maximum atomic E-state index is 12.2. The summed E-state index contributed by atoms with van der Waals surface area (Å²) in [5, 5.41) is 0.251. The van der Waals surface area contributed by atoms with Gasteiger partial charge in [0.15, 0.2) is 0 Å². The molecule has 2 rings (SSSR count). The van der Waals surface area contributed by atoms with Gasteiger partial charge in [0.05, 0.1) is 15.1 Å². The fourth-order valence-corrected chi connectivity index (χ4v) is 3.58. The van der Waals surface area contributed by atoms with Crippen molar-refractivity contribution in [3.63, 3.8) is 0 Å². The number of nitrogens with one attached hydrogen (secondary N) is 1. The highest BCUT2D eigenvalue weighted by Gasteiger charge is 2.20. The molecule has 0 radical (unpaired) electrons. The number of hydrogen-bond donors (Lipinski definition) is 1. The van der Waals surface area contributed by atoms with Crippen LogP contribution in [0.1, 0.15) is 0 Å². The van der Waals surface area contributed by atoms with Gasteiger partial charge in [-0.1, -0.05) is 34.8 Å². The highest BCUT2D eigenvalue weighted by atomic mass is 79.9. The standard InChI is InChI=1S/C11H6BrCl3N2O2S/c12-6-1-2-11(16-5-6)17-20(18,19)10-4-8(14)7(13)3-9(10)15/h1-5H,(H,16,17). The monoisotopic (exact) mass is 414 g/mol. The third-order valence-electron chi connectivity index (χ3n) is 2.23. The van der Waals surface area contributed by atoms with Crippen LogP contribution in [0.4, 0.5) is 5.82 Å². The predicted molar refractivity (Wildman–Crippen MR) is 84.2 cm³/mol. The van der Waals surface area contributed by atoms with Crippen molar-refractivity contribution in [1.82, 2.24) is 4.98 Å². The summed E-state index contributed by atoms with van der Waals surface area (Å²) in [6.45, 7) is 0. The number of anilines is 1. The van der Waals surface area contributed by atoms with E-state index in [1.807, 2.05) is 0 Å². The first-order valence-electron chi connectivity index (χ1n) is 5.08. The number of benzene rings is 1. The summed E-state index contributed by atoms with van der Waals surface area (Å²) < 4.78 is 27.5. The van der Waals surface area contributed by atoms with Crippen LogP contribution in [0.3, 0.4) is 0 Å². The first kappa shape index (κ1) is 15.9. The van der Waals surface area contributed by atoms with Gasteiger partial charge in [-0.3, -0.25) is 4.72 Å². The Balaban J connectivity index is 2.40. The SMILES string of the molecule is O=S(=O)(Nc1ccc(Br)cn1)c1cc(Cl)c(Cl)cc1Cl. The van der Waals surface area contributed by atoms with Crippen molar-refractivity contribution >= 4 is 66.6 Å². The molecule has 1 aromatic carbocycles.